The molecule has 2 fully saturated rings. The number of rotatable bonds is 3. The number of carbonyl (C=O) groups is 3. The van der Waals surface area contributed by atoms with Crippen LogP contribution in [0.15, 0.2) is 30.3 Å². The van der Waals surface area contributed by atoms with Crippen LogP contribution in [0.2, 0.25) is 0 Å². The molecule has 1 aromatic rings. The quantitative estimate of drug-likeness (QED) is 0.811. The van der Waals surface area contributed by atoms with Crippen molar-refractivity contribution in [2.24, 2.45) is 5.92 Å². The molecule has 0 spiro atoms. The highest BCUT2D eigenvalue weighted by Crippen LogP contribution is 2.22. The molecule has 2 aliphatic heterocycles. The monoisotopic (exact) mass is 373 g/mol. The summed E-state index contributed by atoms with van der Waals surface area (Å²) in [5.74, 6) is 0.133. The normalized spacial score (nSPS) is 18.3. The minimum atomic E-state index is -0.308. The first-order valence-corrected chi connectivity index (χ1v) is 9.65. The van der Waals surface area contributed by atoms with Gasteiger partial charge in [-0.3, -0.25) is 9.59 Å². The van der Waals surface area contributed by atoms with Crippen molar-refractivity contribution >= 4 is 17.9 Å². The molecule has 0 atom stereocenters. The molecule has 1 aromatic carbocycles. The van der Waals surface area contributed by atoms with Crippen LogP contribution in [0.25, 0.3) is 0 Å². The highest BCUT2D eigenvalue weighted by atomic mass is 16.6. The van der Waals surface area contributed by atoms with Crippen molar-refractivity contribution in [2.75, 3.05) is 45.9 Å². The second-order valence-electron chi connectivity index (χ2n) is 6.94. The number of piperidine rings is 1. The van der Waals surface area contributed by atoms with Gasteiger partial charge in [-0.2, -0.15) is 0 Å². The Balaban J connectivity index is 1.46. The average molecular weight is 373 g/mol. The zero-order chi connectivity index (χ0) is 19.2. The van der Waals surface area contributed by atoms with Crippen LogP contribution in [0, 0.1) is 5.92 Å². The van der Waals surface area contributed by atoms with Gasteiger partial charge in [0.25, 0.3) is 5.91 Å². The van der Waals surface area contributed by atoms with Crippen molar-refractivity contribution in [3.8, 4) is 0 Å². The Kier molecular flexibility index (Phi) is 6.32. The lowest BCUT2D eigenvalue weighted by Gasteiger charge is -2.38. The van der Waals surface area contributed by atoms with E-state index in [2.05, 4.69) is 0 Å². The largest absolute Gasteiger partial charge is 0.450 e. The third kappa shape index (κ3) is 4.59. The van der Waals surface area contributed by atoms with E-state index in [0.717, 1.165) is 0 Å². The van der Waals surface area contributed by atoms with E-state index in [1.165, 1.54) is 0 Å². The molecular weight excluding hydrogens is 346 g/mol. The van der Waals surface area contributed by atoms with Gasteiger partial charge in [0.15, 0.2) is 0 Å². The summed E-state index contributed by atoms with van der Waals surface area (Å²) in [6, 6.07) is 9.26. The standard InChI is InChI=1S/C20H27N3O4/c1-2-27-20(26)23-14-12-22(13-15-23)19(25)17-8-10-21(11-9-17)18(24)16-6-4-3-5-7-16/h3-7,17H,2,8-15H2,1H3. The first-order chi connectivity index (χ1) is 13.1. The molecule has 0 radical (unpaired) electrons. The minimum absolute atomic E-state index is 0.0320. The Hall–Kier alpha value is -2.57. The first-order valence-electron chi connectivity index (χ1n) is 9.65. The van der Waals surface area contributed by atoms with Crippen LogP contribution in [-0.4, -0.2) is 78.5 Å². The van der Waals surface area contributed by atoms with Crippen LogP contribution in [0.4, 0.5) is 4.79 Å². The number of piperazine rings is 1. The van der Waals surface area contributed by atoms with E-state index in [1.807, 2.05) is 40.1 Å². The van der Waals surface area contributed by atoms with Gasteiger partial charge in [0.05, 0.1) is 6.61 Å². The van der Waals surface area contributed by atoms with Crippen LogP contribution in [-0.2, 0) is 9.53 Å². The third-order valence-electron chi connectivity index (χ3n) is 5.27. The number of hydrogen-bond acceptors (Lipinski definition) is 4. The summed E-state index contributed by atoms with van der Waals surface area (Å²) in [6.45, 7) is 5.46. The Morgan fingerprint density at radius 1 is 0.889 bits per heavy atom. The number of ether oxygens (including phenoxy) is 1. The lowest BCUT2D eigenvalue weighted by Crippen LogP contribution is -2.53. The molecule has 146 valence electrons. The van der Waals surface area contributed by atoms with Crippen molar-refractivity contribution in [1.29, 1.82) is 0 Å². The molecule has 0 aliphatic carbocycles. The van der Waals surface area contributed by atoms with E-state index in [1.54, 1.807) is 11.8 Å². The maximum atomic E-state index is 12.8. The molecule has 2 saturated heterocycles. The lowest BCUT2D eigenvalue weighted by atomic mass is 9.94. The zero-order valence-electron chi connectivity index (χ0n) is 15.8. The molecule has 3 amide bonds. The van der Waals surface area contributed by atoms with Crippen molar-refractivity contribution in [1.82, 2.24) is 14.7 Å². The maximum Gasteiger partial charge on any atom is 0.409 e. The van der Waals surface area contributed by atoms with Crippen LogP contribution in [0.1, 0.15) is 30.1 Å². The van der Waals surface area contributed by atoms with Gasteiger partial charge in [-0.1, -0.05) is 18.2 Å². The Bertz CT molecular complexity index is 663. The zero-order valence-corrected chi connectivity index (χ0v) is 15.8. The van der Waals surface area contributed by atoms with E-state index in [0.29, 0.717) is 64.3 Å². The van der Waals surface area contributed by atoms with Crippen LogP contribution >= 0.6 is 0 Å². The van der Waals surface area contributed by atoms with E-state index in [9.17, 15) is 14.4 Å². The smallest absolute Gasteiger partial charge is 0.409 e. The van der Waals surface area contributed by atoms with Crippen LogP contribution in [0.5, 0.6) is 0 Å². The van der Waals surface area contributed by atoms with Crippen molar-refractivity contribution in [3.05, 3.63) is 35.9 Å². The van der Waals surface area contributed by atoms with E-state index >= 15 is 0 Å². The predicted octanol–water partition coefficient (Wildman–Crippen LogP) is 1.84. The Labute approximate surface area is 159 Å². The number of carbonyl (C=O) groups excluding carboxylic acids is 3. The molecule has 7 heteroatoms. The molecule has 2 aliphatic rings. The predicted molar refractivity (Wildman–Crippen MR) is 100 cm³/mol. The molecule has 27 heavy (non-hydrogen) atoms. The van der Waals surface area contributed by atoms with E-state index in [-0.39, 0.29) is 23.8 Å². The fraction of sp³-hybridized carbons (Fsp3) is 0.550. The highest BCUT2D eigenvalue weighted by Gasteiger charge is 2.32. The molecule has 0 saturated carbocycles. The molecule has 0 unspecified atom stereocenters. The summed E-state index contributed by atoms with van der Waals surface area (Å²) in [4.78, 5) is 42.4. The van der Waals surface area contributed by atoms with Gasteiger partial charge in [-0.15, -0.1) is 0 Å². The minimum Gasteiger partial charge on any atom is -0.450 e. The topological polar surface area (TPSA) is 70.2 Å². The van der Waals surface area contributed by atoms with Crippen molar-refractivity contribution in [2.45, 2.75) is 19.8 Å². The van der Waals surface area contributed by atoms with Crippen LogP contribution in [0.3, 0.4) is 0 Å². The van der Waals surface area contributed by atoms with Gasteiger partial charge in [0, 0.05) is 50.7 Å². The van der Waals surface area contributed by atoms with Crippen molar-refractivity contribution in [3.63, 3.8) is 0 Å². The van der Waals surface area contributed by atoms with Gasteiger partial charge < -0.3 is 19.4 Å². The summed E-state index contributed by atoms with van der Waals surface area (Å²) < 4.78 is 5.01. The average Bonchev–Trinajstić information content (AvgIpc) is 2.74. The molecule has 3 rings (SSSR count). The number of benzene rings is 1. The van der Waals surface area contributed by atoms with Gasteiger partial charge in [-0.25, -0.2) is 4.79 Å². The summed E-state index contributed by atoms with van der Waals surface area (Å²) in [7, 11) is 0. The van der Waals surface area contributed by atoms with E-state index in [4.69, 9.17) is 4.74 Å². The molecule has 7 nitrogen and oxygen atoms in total. The molecular formula is C20H27N3O4. The second-order valence-corrected chi connectivity index (χ2v) is 6.94. The molecule has 0 N–H and O–H groups in total. The Morgan fingerprint density at radius 3 is 2.07 bits per heavy atom. The number of amides is 3. The summed E-state index contributed by atoms with van der Waals surface area (Å²) in [5.41, 5.74) is 0.692. The summed E-state index contributed by atoms with van der Waals surface area (Å²) >= 11 is 0. The Morgan fingerprint density at radius 2 is 1.48 bits per heavy atom. The number of likely N-dealkylation sites (tertiary alicyclic amines) is 1. The lowest BCUT2D eigenvalue weighted by molar-refractivity contribution is -0.138. The number of hydrogen-bond donors (Lipinski definition) is 0. The second kappa shape index (κ2) is 8.88. The van der Waals surface area contributed by atoms with Gasteiger partial charge in [0.2, 0.25) is 5.91 Å². The highest BCUT2D eigenvalue weighted by molar-refractivity contribution is 5.94. The summed E-state index contributed by atoms with van der Waals surface area (Å²) in [6.07, 6.45) is 1.07. The SMILES string of the molecule is CCOC(=O)N1CCN(C(=O)C2CCN(C(=O)c3ccccc3)CC2)CC1. The fourth-order valence-corrected chi connectivity index (χ4v) is 3.68. The molecule has 2 heterocycles. The van der Waals surface area contributed by atoms with E-state index < -0.39 is 0 Å². The fourth-order valence-electron chi connectivity index (χ4n) is 3.68. The van der Waals surface area contributed by atoms with Gasteiger partial charge in [0.1, 0.15) is 0 Å². The molecule has 0 bridgehead atoms. The maximum absolute atomic E-state index is 12.8. The van der Waals surface area contributed by atoms with Crippen molar-refractivity contribution < 1.29 is 19.1 Å². The number of nitrogens with zero attached hydrogens (tertiary/aromatic N) is 3. The first kappa shape index (κ1) is 19.2. The summed E-state index contributed by atoms with van der Waals surface area (Å²) in [5, 5.41) is 0. The van der Waals surface area contributed by atoms with Crippen LogP contribution < -0.4 is 0 Å². The molecule has 0 aromatic heterocycles. The third-order valence-corrected chi connectivity index (χ3v) is 5.27. The van der Waals surface area contributed by atoms with Gasteiger partial charge in [-0.05, 0) is 31.9 Å². The van der Waals surface area contributed by atoms with Gasteiger partial charge >= 0.3 is 6.09 Å².